The van der Waals surface area contributed by atoms with E-state index < -0.39 is 7.58 Å². The fourth-order valence-electron chi connectivity index (χ4n) is 1.83. The standard InChI is InChI=1S/C7H15Cl2NSi/c1-6-4-3-5-7(2)10(6)11(8)9/h6-7,11H,3-5H2,1-2H3/t6-,7+. The van der Waals surface area contributed by atoms with E-state index in [9.17, 15) is 0 Å². The molecule has 11 heavy (non-hydrogen) atoms. The van der Waals surface area contributed by atoms with Gasteiger partial charge in [0.25, 0.3) is 0 Å². The van der Waals surface area contributed by atoms with E-state index in [0.29, 0.717) is 12.1 Å². The second kappa shape index (κ2) is 4.12. The normalized spacial score (nSPS) is 34.6. The molecule has 0 radical (unpaired) electrons. The Morgan fingerprint density at radius 3 is 1.91 bits per heavy atom. The maximum Gasteiger partial charge on any atom is 0.309 e. The van der Waals surface area contributed by atoms with Crippen LogP contribution in [0.2, 0.25) is 0 Å². The van der Waals surface area contributed by atoms with Gasteiger partial charge in [0.2, 0.25) is 0 Å². The first-order valence-corrected chi connectivity index (χ1v) is 8.19. The molecule has 0 amide bonds. The molecule has 0 N–H and O–H groups in total. The van der Waals surface area contributed by atoms with Gasteiger partial charge in [-0.2, -0.15) is 0 Å². The first-order valence-electron chi connectivity index (χ1n) is 4.18. The van der Waals surface area contributed by atoms with Crippen LogP contribution in [0.5, 0.6) is 0 Å². The van der Waals surface area contributed by atoms with Crippen molar-refractivity contribution in [2.75, 3.05) is 0 Å². The van der Waals surface area contributed by atoms with E-state index in [1.54, 1.807) is 0 Å². The monoisotopic (exact) mass is 211 g/mol. The van der Waals surface area contributed by atoms with Gasteiger partial charge in [0, 0.05) is 12.1 Å². The van der Waals surface area contributed by atoms with E-state index in [-0.39, 0.29) is 0 Å². The van der Waals surface area contributed by atoms with Gasteiger partial charge in [-0.1, -0.05) is 20.3 Å². The summed E-state index contributed by atoms with van der Waals surface area (Å²) in [5.74, 6) is 0. The second-order valence-electron chi connectivity index (χ2n) is 3.35. The van der Waals surface area contributed by atoms with Crippen molar-refractivity contribution in [2.24, 2.45) is 0 Å². The van der Waals surface area contributed by atoms with Crippen molar-refractivity contribution in [3.63, 3.8) is 0 Å². The van der Waals surface area contributed by atoms with Crippen molar-refractivity contribution in [1.82, 2.24) is 4.57 Å². The summed E-state index contributed by atoms with van der Waals surface area (Å²) in [5.41, 5.74) is 0. The molecule has 1 aliphatic heterocycles. The molecule has 1 heterocycles. The highest BCUT2D eigenvalue weighted by atomic mass is 35.7. The maximum absolute atomic E-state index is 5.98. The Morgan fingerprint density at radius 2 is 1.64 bits per heavy atom. The summed E-state index contributed by atoms with van der Waals surface area (Å²) in [6, 6.07) is 1.20. The minimum atomic E-state index is -1.59. The molecule has 4 heteroatoms. The van der Waals surface area contributed by atoms with Gasteiger partial charge >= 0.3 is 7.58 Å². The van der Waals surface area contributed by atoms with Gasteiger partial charge < -0.3 is 0 Å². The Bertz CT molecular complexity index is 122. The summed E-state index contributed by atoms with van der Waals surface area (Å²) in [7, 11) is -1.59. The quantitative estimate of drug-likeness (QED) is 0.476. The minimum absolute atomic E-state index is 0.602. The molecule has 0 aromatic rings. The average molecular weight is 212 g/mol. The smallest absolute Gasteiger partial charge is 0.297 e. The Hall–Kier alpha value is 0.757. The van der Waals surface area contributed by atoms with E-state index in [4.69, 9.17) is 22.2 Å². The molecule has 0 saturated carbocycles. The van der Waals surface area contributed by atoms with Crippen molar-refractivity contribution in [1.29, 1.82) is 0 Å². The van der Waals surface area contributed by atoms with Gasteiger partial charge in [-0.05, 0) is 12.8 Å². The summed E-state index contributed by atoms with van der Waals surface area (Å²) in [4.78, 5) is 0. The number of halogens is 2. The van der Waals surface area contributed by atoms with Gasteiger partial charge in [-0.3, -0.25) is 4.57 Å². The van der Waals surface area contributed by atoms with Crippen LogP contribution in [0.1, 0.15) is 33.1 Å². The number of nitrogens with zero attached hydrogens (tertiary/aromatic N) is 1. The molecule has 66 valence electrons. The van der Waals surface area contributed by atoms with Crippen LogP contribution in [0.15, 0.2) is 0 Å². The fraction of sp³-hybridized carbons (Fsp3) is 1.00. The third-order valence-corrected chi connectivity index (χ3v) is 5.31. The SMILES string of the molecule is C[C@@H]1CCC[C@H](C)N1[SiH](Cl)Cl. The van der Waals surface area contributed by atoms with Crippen molar-refractivity contribution in [3.8, 4) is 0 Å². The topological polar surface area (TPSA) is 3.24 Å². The van der Waals surface area contributed by atoms with Crippen molar-refractivity contribution < 1.29 is 0 Å². The van der Waals surface area contributed by atoms with Crippen LogP contribution in [0.3, 0.4) is 0 Å². The molecular weight excluding hydrogens is 197 g/mol. The van der Waals surface area contributed by atoms with E-state index in [2.05, 4.69) is 18.4 Å². The largest absolute Gasteiger partial charge is 0.309 e. The predicted molar refractivity (Wildman–Crippen MR) is 53.5 cm³/mol. The number of hydrogen-bond acceptors (Lipinski definition) is 1. The van der Waals surface area contributed by atoms with Gasteiger partial charge in [0.15, 0.2) is 0 Å². The van der Waals surface area contributed by atoms with Crippen LogP contribution in [-0.4, -0.2) is 24.2 Å². The van der Waals surface area contributed by atoms with Gasteiger partial charge in [0.05, 0.1) is 0 Å². The molecule has 0 aliphatic carbocycles. The zero-order valence-electron chi connectivity index (χ0n) is 7.06. The van der Waals surface area contributed by atoms with E-state index >= 15 is 0 Å². The lowest BCUT2D eigenvalue weighted by atomic mass is 10.0. The Kier molecular flexibility index (Phi) is 3.69. The highest BCUT2D eigenvalue weighted by Gasteiger charge is 2.29. The predicted octanol–water partition coefficient (Wildman–Crippen LogP) is 2.44. The van der Waals surface area contributed by atoms with Crippen LogP contribution in [-0.2, 0) is 0 Å². The molecule has 0 aromatic carbocycles. The second-order valence-corrected chi connectivity index (χ2v) is 7.66. The lowest BCUT2D eigenvalue weighted by Crippen LogP contribution is -2.48. The van der Waals surface area contributed by atoms with E-state index in [1.807, 2.05) is 0 Å². The molecule has 0 bridgehead atoms. The molecule has 0 unspecified atom stereocenters. The van der Waals surface area contributed by atoms with Crippen LogP contribution in [0.4, 0.5) is 0 Å². The lowest BCUT2D eigenvalue weighted by Gasteiger charge is -2.39. The van der Waals surface area contributed by atoms with Crippen LogP contribution >= 0.6 is 22.2 Å². The third-order valence-electron chi connectivity index (χ3n) is 2.49. The van der Waals surface area contributed by atoms with Gasteiger partial charge in [0.1, 0.15) is 0 Å². The summed E-state index contributed by atoms with van der Waals surface area (Å²) in [5, 5.41) is 0. The summed E-state index contributed by atoms with van der Waals surface area (Å²) >= 11 is 12.0. The Balaban J connectivity index is 2.55. The number of piperidine rings is 1. The average Bonchev–Trinajstić information content (AvgIpc) is 1.85. The van der Waals surface area contributed by atoms with Crippen LogP contribution in [0, 0.1) is 0 Å². The molecule has 1 fully saturated rings. The fourth-order valence-corrected chi connectivity index (χ4v) is 5.20. The Morgan fingerprint density at radius 1 is 1.18 bits per heavy atom. The highest BCUT2D eigenvalue weighted by molar-refractivity contribution is 7.32. The highest BCUT2D eigenvalue weighted by Crippen LogP contribution is 2.25. The summed E-state index contributed by atoms with van der Waals surface area (Å²) < 4.78 is 2.31. The van der Waals surface area contributed by atoms with E-state index in [1.165, 1.54) is 19.3 Å². The molecule has 0 spiro atoms. The maximum atomic E-state index is 5.98. The first-order chi connectivity index (χ1) is 5.13. The van der Waals surface area contributed by atoms with Crippen molar-refractivity contribution in [3.05, 3.63) is 0 Å². The number of hydrogen-bond donors (Lipinski definition) is 0. The molecule has 1 aliphatic rings. The number of rotatable bonds is 1. The van der Waals surface area contributed by atoms with E-state index in [0.717, 1.165) is 0 Å². The Labute approximate surface area is 79.8 Å². The summed E-state index contributed by atoms with van der Waals surface area (Å²) in [6.07, 6.45) is 3.84. The molecule has 1 saturated heterocycles. The molecular formula is C7H15Cl2NSi. The molecule has 1 rings (SSSR count). The third kappa shape index (κ3) is 2.34. The van der Waals surface area contributed by atoms with Crippen LogP contribution in [0.25, 0.3) is 0 Å². The minimum Gasteiger partial charge on any atom is -0.297 e. The molecule has 2 atom stereocenters. The van der Waals surface area contributed by atoms with Gasteiger partial charge in [-0.15, -0.1) is 22.2 Å². The molecule has 0 aromatic heterocycles. The zero-order chi connectivity index (χ0) is 8.43. The van der Waals surface area contributed by atoms with Crippen LogP contribution < -0.4 is 0 Å². The van der Waals surface area contributed by atoms with Crippen molar-refractivity contribution >= 4 is 29.7 Å². The zero-order valence-corrected chi connectivity index (χ0v) is 9.72. The lowest BCUT2D eigenvalue weighted by molar-refractivity contribution is 0.207. The summed E-state index contributed by atoms with van der Waals surface area (Å²) in [6.45, 7) is 4.45. The molecule has 1 nitrogen and oxygen atoms in total. The van der Waals surface area contributed by atoms with Crippen molar-refractivity contribution in [2.45, 2.75) is 45.2 Å². The first kappa shape index (κ1) is 9.84. The van der Waals surface area contributed by atoms with Gasteiger partial charge in [-0.25, -0.2) is 0 Å².